The van der Waals surface area contributed by atoms with Crippen LogP contribution in [0.15, 0.2) is 72.8 Å². The summed E-state index contributed by atoms with van der Waals surface area (Å²) in [5, 5.41) is 3.12. The van der Waals surface area contributed by atoms with Crippen LogP contribution in [0.4, 0.5) is 10.1 Å². The van der Waals surface area contributed by atoms with Gasteiger partial charge in [0.25, 0.3) is 0 Å². The van der Waals surface area contributed by atoms with Gasteiger partial charge >= 0.3 is 0 Å². The molecule has 0 aliphatic heterocycles. The molecule has 0 radical (unpaired) electrons. The number of carbonyl (C=O) groups excluding carboxylic acids is 2. The van der Waals surface area contributed by atoms with Crippen LogP contribution in [-0.4, -0.2) is 17.4 Å². The molecule has 142 valence electrons. The molecular formula is C22H17ClFNO2S. The van der Waals surface area contributed by atoms with Gasteiger partial charge in [0.15, 0.2) is 5.78 Å². The monoisotopic (exact) mass is 413 g/mol. The SMILES string of the molecule is O=C(CSCc1c(F)cccc1Cl)Nc1ccc(C(=O)c2ccccc2)cc1. The van der Waals surface area contributed by atoms with E-state index in [9.17, 15) is 14.0 Å². The molecule has 0 aliphatic rings. The molecular weight excluding hydrogens is 397 g/mol. The minimum absolute atomic E-state index is 0.0733. The lowest BCUT2D eigenvalue weighted by molar-refractivity contribution is -0.113. The first-order valence-electron chi connectivity index (χ1n) is 8.55. The number of nitrogens with one attached hydrogen (secondary N) is 1. The van der Waals surface area contributed by atoms with E-state index in [1.807, 2.05) is 18.2 Å². The van der Waals surface area contributed by atoms with Crippen molar-refractivity contribution in [3.05, 3.63) is 100 Å². The number of carbonyl (C=O) groups is 2. The number of anilines is 1. The zero-order chi connectivity index (χ0) is 19.9. The van der Waals surface area contributed by atoms with Gasteiger partial charge < -0.3 is 5.32 Å². The molecule has 3 nitrogen and oxygen atoms in total. The first kappa shape index (κ1) is 20.1. The Labute approximate surface area is 171 Å². The van der Waals surface area contributed by atoms with Gasteiger partial charge in [0.2, 0.25) is 5.91 Å². The lowest BCUT2D eigenvalue weighted by Gasteiger charge is -2.08. The molecule has 6 heteroatoms. The van der Waals surface area contributed by atoms with Gasteiger partial charge in [-0.3, -0.25) is 9.59 Å². The first-order valence-corrected chi connectivity index (χ1v) is 10.1. The number of ketones is 1. The summed E-state index contributed by atoms with van der Waals surface area (Å²) in [7, 11) is 0. The molecule has 28 heavy (non-hydrogen) atoms. The number of benzene rings is 3. The maximum absolute atomic E-state index is 13.7. The summed E-state index contributed by atoms with van der Waals surface area (Å²) in [6, 6.07) is 20.3. The highest BCUT2D eigenvalue weighted by Crippen LogP contribution is 2.24. The molecule has 0 bridgehead atoms. The van der Waals surface area contributed by atoms with Crippen LogP contribution in [0.1, 0.15) is 21.5 Å². The number of hydrogen-bond acceptors (Lipinski definition) is 3. The van der Waals surface area contributed by atoms with Crippen molar-refractivity contribution in [2.24, 2.45) is 0 Å². The summed E-state index contributed by atoms with van der Waals surface area (Å²) in [5.74, 6) is -0.187. The van der Waals surface area contributed by atoms with Crippen LogP contribution < -0.4 is 5.32 Å². The number of halogens is 2. The maximum atomic E-state index is 13.7. The zero-order valence-corrected chi connectivity index (χ0v) is 16.4. The van der Waals surface area contributed by atoms with E-state index >= 15 is 0 Å². The second-order valence-corrected chi connectivity index (χ2v) is 7.41. The Morgan fingerprint density at radius 2 is 1.57 bits per heavy atom. The molecule has 0 unspecified atom stereocenters. The molecule has 0 atom stereocenters. The third kappa shape index (κ3) is 5.21. The van der Waals surface area contributed by atoms with E-state index in [1.54, 1.807) is 48.5 Å². The van der Waals surface area contributed by atoms with E-state index in [2.05, 4.69) is 5.32 Å². The minimum atomic E-state index is -0.376. The fourth-order valence-electron chi connectivity index (χ4n) is 2.57. The van der Waals surface area contributed by atoms with E-state index in [0.717, 1.165) is 0 Å². The molecule has 1 N–H and O–H groups in total. The number of amides is 1. The summed E-state index contributed by atoms with van der Waals surface area (Å²) in [5.41, 5.74) is 2.15. The largest absolute Gasteiger partial charge is 0.325 e. The average molecular weight is 414 g/mol. The molecule has 0 fully saturated rings. The van der Waals surface area contributed by atoms with Crippen LogP contribution in [0.5, 0.6) is 0 Å². The Morgan fingerprint density at radius 1 is 0.893 bits per heavy atom. The van der Waals surface area contributed by atoms with Crippen LogP contribution in [0.25, 0.3) is 0 Å². The number of hydrogen-bond donors (Lipinski definition) is 1. The van der Waals surface area contributed by atoms with Gasteiger partial charge in [-0.25, -0.2) is 4.39 Å². The molecule has 0 aromatic heterocycles. The first-order chi connectivity index (χ1) is 13.5. The Balaban J connectivity index is 1.52. The molecule has 3 aromatic carbocycles. The molecule has 3 aromatic rings. The lowest BCUT2D eigenvalue weighted by Crippen LogP contribution is -2.14. The predicted octanol–water partition coefficient (Wildman–Crippen LogP) is 5.58. The summed E-state index contributed by atoms with van der Waals surface area (Å²) in [4.78, 5) is 24.5. The van der Waals surface area contributed by atoms with Crippen LogP contribution in [0.3, 0.4) is 0 Å². The van der Waals surface area contributed by atoms with Gasteiger partial charge in [-0.2, -0.15) is 0 Å². The highest BCUT2D eigenvalue weighted by atomic mass is 35.5. The fourth-order valence-corrected chi connectivity index (χ4v) is 3.74. The third-order valence-corrected chi connectivity index (χ3v) is 5.32. The number of thioether (sulfide) groups is 1. The molecule has 3 rings (SSSR count). The molecule has 1 amide bonds. The third-order valence-electron chi connectivity index (χ3n) is 4.01. The Bertz CT molecular complexity index is 957. The Kier molecular flexibility index (Phi) is 6.85. The van der Waals surface area contributed by atoms with Crippen LogP contribution in [-0.2, 0) is 10.5 Å². The normalized spacial score (nSPS) is 10.5. The fraction of sp³-hybridized carbons (Fsp3) is 0.0909. The van der Waals surface area contributed by atoms with Crippen molar-refractivity contribution in [3.63, 3.8) is 0 Å². The van der Waals surface area contributed by atoms with E-state index in [1.165, 1.54) is 17.8 Å². The molecule has 0 aliphatic carbocycles. The standard InChI is InChI=1S/C22H17ClFNO2S/c23-19-7-4-8-20(24)18(19)13-28-14-21(26)25-17-11-9-16(10-12-17)22(27)15-5-2-1-3-6-15/h1-12H,13-14H2,(H,25,26). The predicted molar refractivity (Wildman–Crippen MR) is 113 cm³/mol. The second kappa shape index (κ2) is 9.53. The molecule has 0 saturated carbocycles. The summed E-state index contributed by atoms with van der Waals surface area (Å²) < 4.78 is 13.7. The quantitative estimate of drug-likeness (QED) is 0.514. The maximum Gasteiger partial charge on any atom is 0.234 e. The average Bonchev–Trinajstić information content (AvgIpc) is 2.71. The number of rotatable bonds is 7. The van der Waals surface area contributed by atoms with E-state index in [-0.39, 0.29) is 23.3 Å². The van der Waals surface area contributed by atoms with Gasteiger partial charge in [0.05, 0.1) is 5.75 Å². The lowest BCUT2D eigenvalue weighted by atomic mass is 10.0. The smallest absolute Gasteiger partial charge is 0.234 e. The highest BCUT2D eigenvalue weighted by Gasteiger charge is 2.10. The minimum Gasteiger partial charge on any atom is -0.325 e. The van der Waals surface area contributed by atoms with Crippen molar-refractivity contribution in [2.45, 2.75) is 5.75 Å². The molecule has 0 spiro atoms. The van der Waals surface area contributed by atoms with Crippen molar-refractivity contribution in [3.8, 4) is 0 Å². The van der Waals surface area contributed by atoms with E-state index in [0.29, 0.717) is 33.2 Å². The van der Waals surface area contributed by atoms with Gasteiger partial charge in [0.1, 0.15) is 5.82 Å². The van der Waals surface area contributed by atoms with Gasteiger partial charge in [0, 0.05) is 33.2 Å². The van der Waals surface area contributed by atoms with Crippen LogP contribution in [0, 0.1) is 5.82 Å². The van der Waals surface area contributed by atoms with Gasteiger partial charge in [-0.05, 0) is 36.4 Å². The second-order valence-electron chi connectivity index (χ2n) is 6.01. The van der Waals surface area contributed by atoms with Gasteiger partial charge in [-0.1, -0.05) is 48.0 Å². The molecule has 0 heterocycles. The Hall–Kier alpha value is -2.63. The molecule has 0 saturated heterocycles. The van der Waals surface area contributed by atoms with Crippen molar-refractivity contribution in [1.29, 1.82) is 0 Å². The van der Waals surface area contributed by atoms with Crippen molar-refractivity contribution < 1.29 is 14.0 Å². The summed E-state index contributed by atoms with van der Waals surface area (Å²) in [6.07, 6.45) is 0. The van der Waals surface area contributed by atoms with E-state index < -0.39 is 0 Å². The van der Waals surface area contributed by atoms with Crippen LogP contribution in [0.2, 0.25) is 5.02 Å². The zero-order valence-electron chi connectivity index (χ0n) is 14.8. The topological polar surface area (TPSA) is 46.2 Å². The summed E-state index contributed by atoms with van der Waals surface area (Å²) >= 11 is 7.25. The van der Waals surface area contributed by atoms with Crippen LogP contribution >= 0.6 is 23.4 Å². The van der Waals surface area contributed by atoms with Crippen molar-refractivity contribution >= 4 is 40.7 Å². The summed E-state index contributed by atoms with van der Waals surface area (Å²) in [6.45, 7) is 0. The van der Waals surface area contributed by atoms with Crippen molar-refractivity contribution in [1.82, 2.24) is 0 Å². The van der Waals surface area contributed by atoms with Crippen molar-refractivity contribution in [2.75, 3.05) is 11.1 Å². The van der Waals surface area contributed by atoms with Gasteiger partial charge in [-0.15, -0.1) is 11.8 Å². The highest BCUT2D eigenvalue weighted by molar-refractivity contribution is 7.99. The van der Waals surface area contributed by atoms with E-state index in [4.69, 9.17) is 11.6 Å². The Morgan fingerprint density at radius 3 is 2.25 bits per heavy atom.